The van der Waals surface area contributed by atoms with Gasteiger partial charge >= 0.3 is 0 Å². The van der Waals surface area contributed by atoms with Crippen LogP contribution in [0.25, 0.3) is 0 Å². The molecule has 0 aromatic heterocycles. The van der Waals surface area contributed by atoms with Crippen molar-refractivity contribution in [1.82, 2.24) is 0 Å². The second-order valence-electron chi connectivity index (χ2n) is 5.36. The molecule has 0 amide bonds. The number of hydrogen-bond acceptors (Lipinski definition) is 5. The molecule has 10 N–H and O–H groups in total. The highest BCUT2D eigenvalue weighted by Crippen LogP contribution is 1.78. The van der Waals surface area contributed by atoms with Crippen LogP contribution < -0.4 is 28.7 Å². The van der Waals surface area contributed by atoms with Gasteiger partial charge in [0.25, 0.3) is 0 Å². The molecule has 0 radical (unpaired) electrons. The Morgan fingerprint density at radius 2 is 0.500 bits per heavy atom. The molecule has 0 aliphatic rings. The Morgan fingerprint density at radius 3 is 0.500 bits per heavy atom. The van der Waals surface area contributed by atoms with Crippen LogP contribution in [-0.2, 0) is 0 Å². The van der Waals surface area contributed by atoms with Gasteiger partial charge in [0.05, 0.1) is 0 Å². The van der Waals surface area contributed by atoms with E-state index in [1.165, 1.54) is 51.4 Å². The molecule has 0 aliphatic carbocycles. The molecule has 0 fully saturated rings. The van der Waals surface area contributed by atoms with Crippen LogP contribution >= 0.6 is 0 Å². The fourth-order valence-corrected chi connectivity index (χ4v) is 0.816. The Morgan fingerprint density at radius 1 is 0.333 bits per heavy atom. The molecule has 0 spiro atoms. The monoisotopic (exact) mass is 351 g/mol. The summed E-state index contributed by atoms with van der Waals surface area (Å²) in [7, 11) is 0. The lowest BCUT2D eigenvalue weighted by atomic mass is 10.3. The molecule has 154 valence electrons. The van der Waals surface area contributed by atoms with Gasteiger partial charge in [-0.15, -0.1) is 0 Å². The van der Waals surface area contributed by atoms with Crippen LogP contribution in [0.1, 0.15) is 92.4 Å². The van der Waals surface area contributed by atoms with Gasteiger partial charge < -0.3 is 28.7 Å². The maximum absolute atomic E-state index is 5.14. The smallest absolute Gasteiger partial charge is 0.00774 e. The van der Waals surface area contributed by atoms with E-state index in [1.54, 1.807) is 0 Å². The summed E-state index contributed by atoms with van der Waals surface area (Å²) in [6, 6.07) is 0. The quantitative estimate of drug-likeness (QED) is 0.435. The Kier molecular flexibility index (Phi) is 83.0. The SMILES string of the molecule is CCCCN.CCCCN.CCCCN.CCCCN.CCCN. The van der Waals surface area contributed by atoms with Crippen molar-refractivity contribution in [2.24, 2.45) is 28.7 Å². The van der Waals surface area contributed by atoms with E-state index in [0.29, 0.717) is 0 Å². The van der Waals surface area contributed by atoms with Gasteiger partial charge in [-0.1, -0.05) is 60.3 Å². The number of rotatable bonds is 9. The first-order valence-corrected chi connectivity index (χ1v) is 10.1. The topological polar surface area (TPSA) is 130 Å². The maximum atomic E-state index is 5.14. The van der Waals surface area contributed by atoms with E-state index in [4.69, 9.17) is 28.7 Å². The van der Waals surface area contributed by atoms with Crippen LogP contribution in [0.15, 0.2) is 0 Å². The molecular weight excluding hydrogens is 298 g/mol. The predicted octanol–water partition coefficient (Wildman–Crippen LogP) is 3.34. The van der Waals surface area contributed by atoms with E-state index >= 15 is 0 Å². The molecule has 0 atom stereocenters. The zero-order valence-electron chi connectivity index (χ0n) is 17.8. The highest BCUT2D eigenvalue weighted by atomic mass is 14.5. The van der Waals surface area contributed by atoms with Crippen molar-refractivity contribution >= 4 is 0 Å². The lowest BCUT2D eigenvalue weighted by Crippen LogP contribution is -1.95. The van der Waals surface area contributed by atoms with Crippen molar-refractivity contribution < 1.29 is 0 Å². The third kappa shape index (κ3) is 122. The van der Waals surface area contributed by atoms with Crippen LogP contribution in [0.4, 0.5) is 0 Å². The van der Waals surface area contributed by atoms with Crippen LogP contribution in [0.2, 0.25) is 0 Å². The minimum atomic E-state index is 0.819. The normalized spacial score (nSPS) is 8.25. The van der Waals surface area contributed by atoms with Crippen LogP contribution in [0.5, 0.6) is 0 Å². The Labute approximate surface area is 154 Å². The van der Waals surface area contributed by atoms with E-state index in [1.807, 2.05) is 0 Å². The number of hydrogen-bond donors (Lipinski definition) is 5. The zero-order valence-corrected chi connectivity index (χ0v) is 17.8. The zero-order chi connectivity index (χ0) is 19.9. The number of nitrogens with two attached hydrogens (primary N) is 5. The second kappa shape index (κ2) is 56.9. The minimum absolute atomic E-state index is 0.819. The van der Waals surface area contributed by atoms with Crippen molar-refractivity contribution in [3.05, 3.63) is 0 Å². The predicted molar refractivity (Wildman–Crippen MR) is 115 cm³/mol. The Balaban J connectivity index is -0.0000000628. The van der Waals surface area contributed by atoms with E-state index in [9.17, 15) is 0 Å². The van der Waals surface area contributed by atoms with E-state index < -0.39 is 0 Å². The van der Waals surface area contributed by atoms with Gasteiger partial charge in [-0.05, 0) is 64.8 Å². The summed E-state index contributed by atoms with van der Waals surface area (Å²) >= 11 is 0. The Hall–Kier alpha value is -0.200. The highest BCUT2D eigenvalue weighted by Gasteiger charge is 1.69. The number of unbranched alkanes of at least 4 members (excludes halogenated alkanes) is 4. The van der Waals surface area contributed by atoms with Crippen molar-refractivity contribution in [3.8, 4) is 0 Å². The molecular formula is C19H53N5. The first-order chi connectivity index (χ1) is 11.6. The van der Waals surface area contributed by atoms with Gasteiger partial charge in [0.2, 0.25) is 0 Å². The molecule has 24 heavy (non-hydrogen) atoms. The molecule has 0 aliphatic heterocycles. The Bertz CT molecular complexity index is 90.3. The fraction of sp³-hybridized carbons (Fsp3) is 1.00. The summed E-state index contributed by atoms with van der Waals surface area (Å²) in [6.07, 6.45) is 10.6. The van der Waals surface area contributed by atoms with Crippen LogP contribution in [0.3, 0.4) is 0 Å². The lowest BCUT2D eigenvalue weighted by Gasteiger charge is -1.80. The van der Waals surface area contributed by atoms with E-state index in [2.05, 4.69) is 34.6 Å². The van der Waals surface area contributed by atoms with Crippen LogP contribution in [-0.4, -0.2) is 32.7 Å². The van der Waals surface area contributed by atoms with E-state index in [-0.39, 0.29) is 0 Å². The third-order valence-electron chi connectivity index (χ3n) is 2.52. The molecule has 0 saturated carbocycles. The van der Waals surface area contributed by atoms with Crippen molar-refractivity contribution in [2.75, 3.05) is 32.7 Å². The average molecular weight is 352 g/mol. The highest BCUT2D eigenvalue weighted by molar-refractivity contribution is 4.30. The largest absolute Gasteiger partial charge is 0.330 e. The summed E-state index contributed by atoms with van der Waals surface area (Å²) in [5.74, 6) is 0. The molecule has 5 nitrogen and oxygen atoms in total. The third-order valence-corrected chi connectivity index (χ3v) is 2.52. The molecule has 0 bridgehead atoms. The molecule has 0 heterocycles. The summed E-state index contributed by atoms with van der Waals surface area (Å²) < 4.78 is 0. The fourth-order valence-electron chi connectivity index (χ4n) is 0.816. The van der Waals surface area contributed by atoms with Gasteiger partial charge in [0.15, 0.2) is 0 Å². The van der Waals surface area contributed by atoms with Crippen molar-refractivity contribution in [3.63, 3.8) is 0 Å². The van der Waals surface area contributed by atoms with Gasteiger partial charge in [-0.25, -0.2) is 0 Å². The van der Waals surface area contributed by atoms with Gasteiger partial charge in [0, 0.05) is 0 Å². The standard InChI is InChI=1S/4C4H11N.C3H9N/c4*1-2-3-4-5;1-2-3-4/h4*2-5H2,1H3;2-4H2,1H3. The summed E-state index contributed by atoms with van der Waals surface area (Å²) in [4.78, 5) is 0. The maximum Gasteiger partial charge on any atom is -0.00774 e. The van der Waals surface area contributed by atoms with Crippen LogP contribution in [0, 0.1) is 0 Å². The first kappa shape index (κ1) is 35.0. The summed E-state index contributed by atoms with van der Waals surface area (Å²) in [6.45, 7) is 14.8. The van der Waals surface area contributed by atoms with Gasteiger partial charge in [0.1, 0.15) is 0 Å². The molecule has 0 aromatic rings. The second-order valence-corrected chi connectivity index (χ2v) is 5.36. The van der Waals surface area contributed by atoms with Gasteiger partial charge in [-0.2, -0.15) is 0 Å². The van der Waals surface area contributed by atoms with Crippen molar-refractivity contribution in [2.45, 2.75) is 92.4 Å². The van der Waals surface area contributed by atoms with E-state index in [0.717, 1.165) is 39.1 Å². The minimum Gasteiger partial charge on any atom is -0.330 e. The first-order valence-electron chi connectivity index (χ1n) is 10.1. The van der Waals surface area contributed by atoms with Crippen molar-refractivity contribution in [1.29, 1.82) is 0 Å². The lowest BCUT2D eigenvalue weighted by molar-refractivity contribution is 0.807. The summed E-state index contributed by atoms with van der Waals surface area (Å²) in [5, 5.41) is 0. The molecule has 0 rings (SSSR count). The summed E-state index contributed by atoms with van der Waals surface area (Å²) in [5.41, 5.74) is 25.6. The van der Waals surface area contributed by atoms with Gasteiger partial charge in [-0.3, -0.25) is 0 Å². The average Bonchev–Trinajstić information content (AvgIpc) is 2.60. The molecule has 5 heteroatoms. The molecule has 0 saturated heterocycles. The molecule has 0 aromatic carbocycles. The molecule has 0 unspecified atom stereocenters.